The van der Waals surface area contributed by atoms with Crippen molar-refractivity contribution in [2.24, 2.45) is 0 Å². The van der Waals surface area contributed by atoms with Gasteiger partial charge in [0.2, 0.25) is 0 Å². The number of aromatic nitrogens is 1. The van der Waals surface area contributed by atoms with E-state index >= 15 is 0 Å². The molecule has 0 bridgehead atoms. The first-order chi connectivity index (χ1) is 18.4. The predicted molar refractivity (Wildman–Crippen MR) is 147 cm³/mol. The highest BCUT2D eigenvalue weighted by Gasteiger charge is 2.29. The molecule has 0 unspecified atom stereocenters. The summed E-state index contributed by atoms with van der Waals surface area (Å²) >= 11 is 1.17. The van der Waals surface area contributed by atoms with E-state index in [1.807, 2.05) is 36.4 Å². The second-order valence-electron chi connectivity index (χ2n) is 8.81. The van der Waals surface area contributed by atoms with E-state index in [0.29, 0.717) is 34.2 Å². The molecule has 38 heavy (non-hydrogen) atoms. The van der Waals surface area contributed by atoms with Crippen LogP contribution in [0, 0.1) is 0 Å². The van der Waals surface area contributed by atoms with E-state index in [2.05, 4.69) is 10.3 Å². The van der Waals surface area contributed by atoms with Gasteiger partial charge in [-0.1, -0.05) is 36.4 Å². The number of rotatable bonds is 5. The van der Waals surface area contributed by atoms with Crippen molar-refractivity contribution in [3.63, 3.8) is 0 Å². The summed E-state index contributed by atoms with van der Waals surface area (Å²) in [7, 11) is -3.77. The van der Waals surface area contributed by atoms with E-state index in [9.17, 15) is 18.0 Å². The number of carbonyl (C=O) groups is 1. The SMILES string of the molecule is O=C(Nc1nc(-c2cc3ccccc3oc2=O)cs1)c1ccc(S(=O)(=O)N2CCCc3ccccc32)cc1. The van der Waals surface area contributed by atoms with Gasteiger partial charge in [0.15, 0.2) is 5.13 Å². The van der Waals surface area contributed by atoms with E-state index < -0.39 is 21.6 Å². The number of benzene rings is 3. The molecule has 3 aromatic carbocycles. The summed E-state index contributed by atoms with van der Waals surface area (Å²) in [4.78, 5) is 29.8. The molecule has 1 N–H and O–H groups in total. The largest absolute Gasteiger partial charge is 0.422 e. The number of nitrogens with zero attached hydrogens (tertiary/aromatic N) is 2. The topological polar surface area (TPSA) is 110 Å². The number of thiazole rings is 1. The van der Waals surface area contributed by atoms with Crippen LogP contribution in [0.25, 0.3) is 22.2 Å². The lowest BCUT2D eigenvalue weighted by atomic mass is 10.0. The van der Waals surface area contributed by atoms with Crippen molar-refractivity contribution in [3.8, 4) is 11.3 Å². The molecule has 1 aliphatic rings. The number of para-hydroxylation sites is 2. The van der Waals surface area contributed by atoms with Gasteiger partial charge >= 0.3 is 5.63 Å². The van der Waals surface area contributed by atoms with E-state index in [1.165, 1.54) is 39.9 Å². The van der Waals surface area contributed by atoms with Gasteiger partial charge in [0.25, 0.3) is 15.9 Å². The van der Waals surface area contributed by atoms with Crippen LogP contribution < -0.4 is 15.2 Å². The van der Waals surface area contributed by atoms with Crippen LogP contribution in [0.2, 0.25) is 0 Å². The molecular formula is C28H21N3O5S2. The maximum atomic E-state index is 13.4. The van der Waals surface area contributed by atoms with E-state index in [-0.39, 0.29) is 10.5 Å². The maximum absolute atomic E-state index is 13.4. The number of aryl methyl sites for hydroxylation is 1. The first-order valence-electron chi connectivity index (χ1n) is 11.9. The molecule has 1 amide bonds. The molecule has 1 aliphatic heterocycles. The highest BCUT2D eigenvalue weighted by molar-refractivity contribution is 7.92. The number of nitrogens with one attached hydrogen (secondary N) is 1. The average Bonchev–Trinajstić information content (AvgIpc) is 3.40. The van der Waals surface area contributed by atoms with Crippen LogP contribution in [0.5, 0.6) is 0 Å². The van der Waals surface area contributed by atoms with Gasteiger partial charge in [-0.2, -0.15) is 0 Å². The summed E-state index contributed by atoms with van der Waals surface area (Å²) in [6.45, 7) is 0.406. The summed E-state index contributed by atoms with van der Waals surface area (Å²) in [6, 6.07) is 22.2. The van der Waals surface area contributed by atoms with Crippen molar-refractivity contribution in [2.75, 3.05) is 16.2 Å². The van der Waals surface area contributed by atoms with Gasteiger partial charge < -0.3 is 4.42 Å². The first kappa shape index (κ1) is 24.1. The third-order valence-electron chi connectivity index (χ3n) is 6.41. The van der Waals surface area contributed by atoms with Crippen LogP contribution >= 0.6 is 11.3 Å². The van der Waals surface area contributed by atoms with Gasteiger partial charge in [-0.3, -0.25) is 14.4 Å². The Labute approximate surface area is 222 Å². The van der Waals surface area contributed by atoms with Gasteiger partial charge in [0.1, 0.15) is 5.58 Å². The molecule has 6 rings (SSSR count). The minimum absolute atomic E-state index is 0.116. The zero-order chi connectivity index (χ0) is 26.3. The molecule has 5 aromatic rings. The normalized spacial score (nSPS) is 13.3. The minimum Gasteiger partial charge on any atom is -0.422 e. The quantitative estimate of drug-likeness (QED) is 0.301. The molecule has 0 saturated heterocycles. The molecule has 8 nitrogen and oxygen atoms in total. The fourth-order valence-electron chi connectivity index (χ4n) is 4.52. The summed E-state index contributed by atoms with van der Waals surface area (Å²) < 4.78 is 33.5. The summed E-state index contributed by atoms with van der Waals surface area (Å²) in [5, 5.41) is 5.46. The van der Waals surface area contributed by atoms with Crippen molar-refractivity contribution in [1.82, 2.24) is 4.98 Å². The minimum atomic E-state index is -3.77. The lowest BCUT2D eigenvalue weighted by molar-refractivity contribution is 0.102. The standard InChI is InChI=1S/C28H21N3O5S2/c32-26(30-28-29-23(17-37-28)22-16-20-7-2-4-10-25(20)36-27(22)33)19-11-13-21(14-12-19)38(34,35)31-15-5-8-18-6-1-3-9-24(18)31/h1-4,6-7,9-14,16-17H,5,8,15H2,(H,29,30,32). The number of sulfonamides is 1. The summed E-state index contributed by atoms with van der Waals surface area (Å²) in [5.74, 6) is -0.441. The Hall–Kier alpha value is -4.28. The number of carbonyl (C=O) groups excluding carboxylic acids is 1. The number of hydrogen-bond acceptors (Lipinski definition) is 7. The number of anilines is 2. The maximum Gasteiger partial charge on any atom is 0.345 e. The molecule has 10 heteroatoms. The fraction of sp³-hybridized carbons (Fsp3) is 0.107. The van der Waals surface area contributed by atoms with Crippen LogP contribution in [0.1, 0.15) is 22.3 Å². The van der Waals surface area contributed by atoms with E-state index in [0.717, 1.165) is 23.8 Å². The predicted octanol–water partition coefficient (Wildman–Crippen LogP) is 5.31. The molecule has 2 aromatic heterocycles. The molecular weight excluding hydrogens is 522 g/mol. The fourth-order valence-corrected chi connectivity index (χ4v) is 6.77. The van der Waals surface area contributed by atoms with Crippen molar-refractivity contribution in [1.29, 1.82) is 0 Å². The zero-order valence-corrected chi connectivity index (χ0v) is 21.6. The van der Waals surface area contributed by atoms with Crippen LogP contribution in [0.4, 0.5) is 10.8 Å². The molecule has 0 spiro atoms. The highest BCUT2D eigenvalue weighted by Crippen LogP contribution is 2.32. The molecule has 0 radical (unpaired) electrons. The van der Waals surface area contributed by atoms with E-state index in [4.69, 9.17) is 4.42 Å². The highest BCUT2D eigenvalue weighted by atomic mass is 32.2. The monoisotopic (exact) mass is 543 g/mol. The lowest BCUT2D eigenvalue weighted by Crippen LogP contribution is -2.35. The molecule has 3 heterocycles. The smallest absolute Gasteiger partial charge is 0.345 e. The third-order valence-corrected chi connectivity index (χ3v) is 9.00. The number of hydrogen-bond donors (Lipinski definition) is 1. The number of fused-ring (bicyclic) bond motifs is 2. The third kappa shape index (κ3) is 4.37. The van der Waals surface area contributed by atoms with Crippen molar-refractivity contribution in [2.45, 2.75) is 17.7 Å². The number of amides is 1. The van der Waals surface area contributed by atoms with Gasteiger partial charge in [-0.05, 0) is 60.9 Å². The van der Waals surface area contributed by atoms with Crippen molar-refractivity contribution >= 4 is 49.1 Å². The van der Waals surface area contributed by atoms with Crippen LogP contribution in [0.15, 0.2) is 98.4 Å². The van der Waals surface area contributed by atoms with Crippen LogP contribution in [0.3, 0.4) is 0 Å². The molecule has 0 aliphatic carbocycles. The van der Waals surface area contributed by atoms with Crippen molar-refractivity contribution < 1.29 is 17.6 Å². The Morgan fingerprint density at radius 3 is 2.61 bits per heavy atom. The second-order valence-corrected chi connectivity index (χ2v) is 11.5. The zero-order valence-electron chi connectivity index (χ0n) is 20.0. The molecule has 190 valence electrons. The summed E-state index contributed by atoms with van der Waals surface area (Å²) in [6.07, 6.45) is 1.58. The summed E-state index contributed by atoms with van der Waals surface area (Å²) in [5.41, 5.74) is 2.65. The van der Waals surface area contributed by atoms with Gasteiger partial charge in [-0.15, -0.1) is 11.3 Å². The van der Waals surface area contributed by atoms with Crippen molar-refractivity contribution in [3.05, 3.63) is 106 Å². The van der Waals surface area contributed by atoms with Crippen LogP contribution in [-0.4, -0.2) is 25.9 Å². The van der Waals surface area contributed by atoms with Gasteiger partial charge in [0.05, 0.1) is 21.8 Å². The molecule has 0 atom stereocenters. The van der Waals surface area contributed by atoms with Crippen LogP contribution in [-0.2, 0) is 16.4 Å². The Bertz CT molecular complexity index is 1840. The molecule has 0 fully saturated rings. The Morgan fingerprint density at radius 1 is 1.00 bits per heavy atom. The van der Waals surface area contributed by atoms with E-state index in [1.54, 1.807) is 23.6 Å². The Kier molecular flexibility index (Phi) is 6.05. The lowest BCUT2D eigenvalue weighted by Gasteiger charge is -2.30. The first-order valence-corrected chi connectivity index (χ1v) is 14.2. The average molecular weight is 544 g/mol. The molecule has 0 saturated carbocycles. The van der Waals surface area contributed by atoms with Gasteiger partial charge in [0, 0.05) is 22.9 Å². The Morgan fingerprint density at radius 2 is 1.76 bits per heavy atom. The Balaban J connectivity index is 1.20. The second kappa shape index (κ2) is 9.55. The van der Waals surface area contributed by atoms with Gasteiger partial charge in [-0.25, -0.2) is 18.2 Å².